The molecule has 118 valence electrons. The molecular weight excluding hydrogens is 320 g/mol. The highest BCUT2D eigenvalue weighted by Gasteiger charge is 2.25. The maximum Gasteiger partial charge on any atom is 0.256 e. The molecule has 0 radical (unpaired) electrons. The summed E-state index contributed by atoms with van der Waals surface area (Å²) in [5.41, 5.74) is 0.153. The Balaban J connectivity index is 2.33. The first-order valence-electron chi connectivity index (χ1n) is 6.66. The number of para-hydroxylation sites is 1. The van der Waals surface area contributed by atoms with E-state index in [4.69, 9.17) is 0 Å². The van der Waals surface area contributed by atoms with Gasteiger partial charge >= 0.3 is 0 Å². The number of rotatable bonds is 4. The van der Waals surface area contributed by atoms with Crippen LogP contribution in [0.5, 0.6) is 0 Å². The van der Waals surface area contributed by atoms with E-state index in [0.29, 0.717) is 5.56 Å². The molecule has 0 atom stereocenters. The van der Waals surface area contributed by atoms with E-state index in [1.807, 2.05) is 0 Å². The number of thiophene rings is 1. The highest BCUT2D eigenvalue weighted by Crippen LogP contribution is 2.23. The fraction of sp³-hybridized carbons (Fsp3) is 0.267. The maximum atomic E-state index is 12.5. The Morgan fingerprint density at radius 2 is 1.82 bits per heavy atom. The molecule has 7 heteroatoms. The summed E-state index contributed by atoms with van der Waals surface area (Å²) in [6.07, 6.45) is 0. The van der Waals surface area contributed by atoms with Crippen molar-refractivity contribution >= 4 is 33.0 Å². The summed E-state index contributed by atoms with van der Waals surface area (Å²) >= 11 is 1.40. The van der Waals surface area contributed by atoms with Crippen LogP contribution in [0.25, 0.3) is 0 Å². The Morgan fingerprint density at radius 3 is 2.41 bits per heavy atom. The second kappa shape index (κ2) is 6.20. The molecule has 2 aromatic rings. The van der Waals surface area contributed by atoms with E-state index in [0.717, 1.165) is 0 Å². The number of hydrogen-bond acceptors (Lipinski definition) is 4. The van der Waals surface area contributed by atoms with Crippen LogP contribution in [0.1, 0.15) is 31.1 Å². The molecule has 22 heavy (non-hydrogen) atoms. The van der Waals surface area contributed by atoms with Gasteiger partial charge in [-0.15, -0.1) is 0 Å². The molecule has 5 nitrogen and oxygen atoms in total. The maximum absolute atomic E-state index is 12.5. The molecule has 0 aliphatic heterocycles. The van der Waals surface area contributed by atoms with Gasteiger partial charge < -0.3 is 5.32 Å². The van der Waals surface area contributed by atoms with Gasteiger partial charge in [-0.3, -0.25) is 4.79 Å². The number of sulfonamides is 1. The summed E-state index contributed by atoms with van der Waals surface area (Å²) in [6, 6.07) is 8.03. The summed E-state index contributed by atoms with van der Waals surface area (Å²) < 4.78 is 27.5. The van der Waals surface area contributed by atoms with Gasteiger partial charge in [0, 0.05) is 10.9 Å². The quantitative estimate of drug-likeness (QED) is 0.899. The van der Waals surface area contributed by atoms with Gasteiger partial charge in [0.05, 0.1) is 11.3 Å². The molecule has 0 saturated carbocycles. The van der Waals surface area contributed by atoms with Crippen molar-refractivity contribution in [3.05, 3.63) is 46.7 Å². The van der Waals surface area contributed by atoms with Gasteiger partial charge in [-0.1, -0.05) is 12.1 Å². The predicted octanol–water partition coefficient (Wildman–Crippen LogP) is 3.08. The minimum atomic E-state index is -3.73. The minimum absolute atomic E-state index is 0.0495. The summed E-state index contributed by atoms with van der Waals surface area (Å²) in [7, 11) is -3.73. The Kier molecular flexibility index (Phi) is 4.69. The second-order valence-electron chi connectivity index (χ2n) is 5.82. The third-order valence-corrected chi connectivity index (χ3v) is 5.15. The normalized spacial score (nSPS) is 12.1. The van der Waals surface area contributed by atoms with Crippen LogP contribution in [-0.2, 0) is 10.0 Å². The second-order valence-corrected chi connectivity index (χ2v) is 8.25. The van der Waals surface area contributed by atoms with Crippen molar-refractivity contribution < 1.29 is 13.2 Å². The molecule has 0 aliphatic rings. The van der Waals surface area contributed by atoms with Crippen LogP contribution in [0.15, 0.2) is 46.0 Å². The largest absolute Gasteiger partial charge is 0.321 e. The third-order valence-electron chi connectivity index (χ3n) is 2.65. The van der Waals surface area contributed by atoms with E-state index in [-0.39, 0.29) is 16.5 Å². The zero-order chi connectivity index (χ0) is 16.4. The molecule has 0 bridgehead atoms. The van der Waals surface area contributed by atoms with E-state index in [2.05, 4.69) is 10.0 Å². The minimum Gasteiger partial charge on any atom is -0.321 e. The van der Waals surface area contributed by atoms with E-state index >= 15 is 0 Å². The van der Waals surface area contributed by atoms with Crippen LogP contribution < -0.4 is 10.0 Å². The predicted molar refractivity (Wildman–Crippen MR) is 88.8 cm³/mol. The molecule has 1 amide bonds. The number of carbonyl (C=O) groups is 1. The van der Waals surface area contributed by atoms with Crippen molar-refractivity contribution in [1.82, 2.24) is 4.72 Å². The van der Waals surface area contributed by atoms with Crippen LogP contribution in [0.4, 0.5) is 5.69 Å². The van der Waals surface area contributed by atoms with Crippen LogP contribution in [0, 0.1) is 0 Å². The standard InChI is InChI=1S/C15H18N2O3S2/c1-15(2,3)17-22(19,20)13-7-5-4-6-12(13)16-14(18)11-8-9-21-10-11/h4-10,17H,1-3H3,(H,16,18). The van der Waals surface area contributed by atoms with Crippen LogP contribution in [0.2, 0.25) is 0 Å². The number of hydrogen-bond donors (Lipinski definition) is 2. The van der Waals surface area contributed by atoms with Gasteiger partial charge in [0.15, 0.2) is 0 Å². The van der Waals surface area contributed by atoms with E-state index in [9.17, 15) is 13.2 Å². The van der Waals surface area contributed by atoms with E-state index in [1.165, 1.54) is 17.4 Å². The van der Waals surface area contributed by atoms with E-state index < -0.39 is 15.6 Å². The Labute approximate surface area is 134 Å². The fourth-order valence-corrected chi connectivity index (χ4v) is 4.07. The number of nitrogens with one attached hydrogen (secondary N) is 2. The van der Waals surface area contributed by atoms with Crippen molar-refractivity contribution in [2.24, 2.45) is 0 Å². The molecule has 0 unspecified atom stereocenters. The molecule has 0 spiro atoms. The summed E-state index contributed by atoms with van der Waals surface area (Å²) in [5.74, 6) is -0.334. The Bertz CT molecular complexity index is 760. The van der Waals surface area contributed by atoms with Crippen molar-refractivity contribution in [3.63, 3.8) is 0 Å². The highest BCUT2D eigenvalue weighted by molar-refractivity contribution is 7.89. The average Bonchev–Trinajstić information content (AvgIpc) is 2.90. The first-order chi connectivity index (χ1) is 10.2. The molecule has 0 fully saturated rings. The summed E-state index contributed by atoms with van der Waals surface area (Å²) in [5, 5.41) is 6.15. The summed E-state index contributed by atoms with van der Waals surface area (Å²) in [4.78, 5) is 12.2. The average molecular weight is 338 g/mol. The first-order valence-corrected chi connectivity index (χ1v) is 9.08. The molecule has 0 saturated heterocycles. The zero-order valence-electron chi connectivity index (χ0n) is 12.6. The van der Waals surface area contributed by atoms with Gasteiger partial charge in [-0.2, -0.15) is 11.3 Å². The number of amides is 1. The highest BCUT2D eigenvalue weighted by atomic mass is 32.2. The number of anilines is 1. The Hall–Kier alpha value is -1.70. The molecule has 2 rings (SSSR count). The van der Waals surface area contributed by atoms with Crippen LogP contribution in [-0.4, -0.2) is 19.9 Å². The lowest BCUT2D eigenvalue weighted by molar-refractivity contribution is 0.102. The van der Waals surface area contributed by atoms with Gasteiger partial charge in [-0.25, -0.2) is 13.1 Å². The molecular formula is C15H18N2O3S2. The lowest BCUT2D eigenvalue weighted by atomic mass is 10.1. The third kappa shape index (κ3) is 4.16. The van der Waals surface area contributed by atoms with Crippen molar-refractivity contribution in [2.45, 2.75) is 31.2 Å². The molecule has 1 aromatic heterocycles. The Morgan fingerprint density at radius 1 is 1.14 bits per heavy atom. The van der Waals surface area contributed by atoms with Crippen LogP contribution >= 0.6 is 11.3 Å². The number of benzene rings is 1. The zero-order valence-corrected chi connectivity index (χ0v) is 14.2. The van der Waals surface area contributed by atoms with Crippen molar-refractivity contribution in [2.75, 3.05) is 5.32 Å². The van der Waals surface area contributed by atoms with Gasteiger partial charge in [0.25, 0.3) is 5.91 Å². The molecule has 1 heterocycles. The first kappa shape index (κ1) is 16.7. The number of carbonyl (C=O) groups excluding carboxylic acids is 1. The molecule has 1 aromatic carbocycles. The van der Waals surface area contributed by atoms with Crippen molar-refractivity contribution in [1.29, 1.82) is 0 Å². The van der Waals surface area contributed by atoms with Gasteiger partial charge in [0.2, 0.25) is 10.0 Å². The van der Waals surface area contributed by atoms with Gasteiger partial charge in [-0.05, 0) is 44.4 Å². The molecule has 2 N–H and O–H groups in total. The van der Waals surface area contributed by atoms with Gasteiger partial charge in [0.1, 0.15) is 4.90 Å². The fourth-order valence-electron chi connectivity index (χ4n) is 1.85. The van der Waals surface area contributed by atoms with E-state index in [1.54, 1.807) is 55.8 Å². The van der Waals surface area contributed by atoms with Crippen molar-refractivity contribution in [3.8, 4) is 0 Å². The summed E-state index contributed by atoms with van der Waals surface area (Å²) in [6.45, 7) is 5.28. The lowest BCUT2D eigenvalue weighted by Crippen LogP contribution is -2.40. The SMILES string of the molecule is CC(C)(C)NS(=O)(=O)c1ccccc1NC(=O)c1ccsc1. The monoisotopic (exact) mass is 338 g/mol. The molecule has 0 aliphatic carbocycles. The van der Waals surface area contributed by atoms with Crippen LogP contribution in [0.3, 0.4) is 0 Å². The lowest BCUT2D eigenvalue weighted by Gasteiger charge is -2.21. The smallest absolute Gasteiger partial charge is 0.256 e. The topological polar surface area (TPSA) is 75.3 Å².